The molecule has 20 heavy (non-hydrogen) atoms. The first kappa shape index (κ1) is 15.4. The molecule has 1 aromatic carbocycles. The molecule has 2 N–H and O–H groups in total. The first-order valence-corrected chi connectivity index (χ1v) is 8.35. The number of hydrogen-bond acceptors (Lipinski definition) is 4. The van der Waals surface area contributed by atoms with Crippen LogP contribution in [0.4, 0.5) is 0 Å². The highest BCUT2D eigenvalue weighted by molar-refractivity contribution is 7.89. The van der Waals surface area contributed by atoms with Gasteiger partial charge in [-0.05, 0) is 37.0 Å². The number of rotatable bonds is 7. The summed E-state index contributed by atoms with van der Waals surface area (Å²) < 4.78 is 26.6. The number of hydrogen-bond donors (Lipinski definition) is 2. The molecule has 6 heteroatoms. The molecule has 1 aliphatic carbocycles. The van der Waals surface area contributed by atoms with Crippen LogP contribution in [0.5, 0.6) is 0 Å². The first-order chi connectivity index (χ1) is 9.50. The molecule has 0 aliphatic heterocycles. The predicted molar refractivity (Wildman–Crippen MR) is 75.7 cm³/mol. The van der Waals surface area contributed by atoms with Crippen molar-refractivity contribution >= 4 is 10.0 Å². The third-order valence-corrected chi connectivity index (χ3v) is 5.46. The van der Waals surface area contributed by atoms with Crippen molar-refractivity contribution in [1.82, 2.24) is 4.31 Å². The van der Waals surface area contributed by atoms with Crippen LogP contribution in [0.15, 0.2) is 29.2 Å². The second-order valence-corrected chi connectivity index (χ2v) is 6.96. The van der Waals surface area contributed by atoms with Crippen LogP contribution in [-0.2, 0) is 10.0 Å². The van der Waals surface area contributed by atoms with E-state index in [1.54, 1.807) is 12.1 Å². The van der Waals surface area contributed by atoms with E-state index in [0.29, 0.717) is 12.0 Å². The highest BCUT2D eigenvalue weighted by Gasteiger charge is 2.37. The topological polar surface area (TPSA) is 77.8 Å². The molecule has 1 saturated carbocycles. The monoisotopic (exact) mass is 299 g/mol. The summed E-state index contributed by atoms with van der Waals surface area (Å²) in [5.74, 6) is 0. The largest absolute Gasteiger partial charge is 0.395 e. The van der Waals surface area contributed by atoms with Crippen LogP contribution < -0.4 is 0 Å². The van der Waals surface area contributed by atoms with Crippen molar-refractivity contribution in [3.8, 4) is 0 Å². The van der Waals surface area contributed by atoms with Gasteiger partial charge in [-0.1, -0.05) is 19.1 Å². The van der Waals surface area contributed by atoms with Crippen LogP contribution >= 0.6 is 0 Å². The van der Waals surface area contributed by atoms with Gasteiger partial charge in [0.2, 0.25) is 10.0 Å². The Kier molecular flexibility index (Phi) is 4.80. The van der Waals surface area contributed by atoms with Gasteiger partial charge in [0.15, 0.2) is 0 Å². The van der Waals surface area contributed by atoms with Gasteiger partial charge in [-0.2, -0.15) is 4.31 Å². The zero-order valence-electron chi connectivity index (χ0n) is 11.6. The number of aliphatic hydroxyl groups excluding tert-OH is 2. The van der Waals surface area contributed by atoms with E-state index < -0.39 is 16.1 Å². The standard InChI is InChI=1S/C14H21NO4S/c1-2-14(17)11-4-3-5-13(10-11)20(18,19)15(8-9-16)12-6-7-12/h3-5,10,12,14,16-17H,2,6-9H2,1H3. The van der Waals surface area contributed by atoms with Crippen molar-refractivity contribution in [1.29, 1.82) is 0 Å². The zero-order valence-corrected chi connectivity index (χ0v) is 12.4. The molecular formula is C14H21NO4S. The SMILES string of the molecule is CCC(O)c1cccc(S(=O)(=O)N(CCO)C2CC2)c1. The van der Waals surface area contributed by atoms with Gasteiger partial charge in [0, 0.05) is 12.6 Å². The summed E-state index contributed by atoms with van der Waals surface area (Å²) in [4.78, 5) is 0.183. The first-order valence-electron chi connectivity index (χ1n) is 6.91. The van der Waals surface area contributed by atoms with Crippen molar-refractivity contribution < 1.29 is 18.6 Å². The lowest BCUT2D eigenvalue weighted by Crippen LogP contribution is -2.35. The number of nitrogens with zero attached hydrogens (tertiary/aromatic N) is 1. The van der Waals surface area contributed by atoms with Crippen LogP contribution in [-0.4, -0.2) is 42.1 Å². The van der Waals surface area contributed by atoms with Crippen molar-refractivity contribution in [2.24, 2.45) is 0 Å². The molecule has 0 aromatic heterocycles. The molecule has 1 atom stereocenters. The van der Waals surface area contributed by atoms with Gasteiger partial charge in [-0.3, -0.25) is 0 Å². The predicted octanol–water partition coefficient (Wildman–Crippen LogP) is 1.28. The van der Waals surface area contributed by atoms with Crippen molar-refractivity contribution in [2.45, 2.75) is 43.2 Å². The minimum atomic E-state index is -3.60. The summed E-state index contributed by atoms with van der Waals surface area (Å²) in [6.07, 6.45) is 1.57. The average Bonchev–Trinajstić information content (AvgIpc) is 3.28. The molecule has 0 bridgehead atoms. The summed E-state index contributed by atoms with van der Waals surface area (Å²) in [6.45, 7) is 1.77. The molecule has 0 amide bonds. The number of aliphatic hydroxyl groups is 2. The minimum Gasteiger partial charge on any atom is -0.395 e. The molecule has 2 rings (SSSR count). The maximum Gasteiger partial charge on any atom is 0.243 e. The molecule has 1 fully saturated rings. The Morgan fingerprint density at radius 3 is 2.65 bits per heavy atom. The summed E-state index contributed by atoms with van der Waals surface area (Å²) >= 11 is 0. The fourth-order valence-electron chi connectivity index (χ4n) is 2.21. The van der Waals surface area contributed by atoms with E-state index in [1.807, 2.05) is 6.92 Å². The maximum atomic E-state index is 12.6. The molecule has 5 nitrogen and oxygen atoms in total. The average molecular weight is 299 g/mol. The van der Waals surface area contributed by atoms with Crippen LogP contribution in [0.3, 0.4) is 0 Å². The van der Waals surface area contributed by atoms with E-state index in [9.17, 15) is 13.5 Å². The normalized spacial score (nSPS) is 17.4. The second-order valence-electron chi connectivity index (χ2n) is 5.07. The fourth-order valence-corrected chi connectivity index (χ4v) is 3.95. The van der Waals surface area contributed by atoms with Crippen molar-refractivity contribution in [2.75, 3.05) is 13.2 Å². The lowest BCUT2D eigenvalue weighted by molar-refractivity contribution is 0.173. The van der Waals surface area contributed by atoms with E-state index in [0.717, 1.165) is 12.8 Å². The Bertz CT molecular complexity index is 554. The highest BCUT2D eigenvalue weighted by Crippen LogP contribution is 2.32. The Hall–Kier alpha value is -0.950. The zero-order chi connectivity index (χ0) is 14.8. The van der Waals surface area contributed by atoms with E-state index in [2.05, 4.69) is 0 Å². The van der Waals surface area contributed by atoms with Gasteiger partial charge < -0.3 is 10.2 Å². The maximum absolute atomic E-state index is 12.6. The summed E-state index contributed by atoms with van der Waals surface area (Å²) in [6, 6.07) is 6.43. The van der Waals surface area contributed by atoms with Crippen LogP contribution in [0.1, 0.15) is 37.9 Å². The summed E-state index contributed by atoms with van der Waals surface area (Å²) in [5, 5.41) is 18.9. The molecule has 112 valence electrons. The summed E-state index contributed by atoms with van der Waals surface area (Å²) in [5.41, 5.74) is 0.605. The Morgan fingerprint density at radius 1 is 1.40 bits per heavy atom. The third kappa shape index (κ3) is 3.20. The molecule has 1 aromatic rings. The van der Waals surface area contributed by atoms with Crippen LogP contribution in [0.25, 0.3) is 0 Å². The van der Waals surface area contributed by atoms with Crippen molar-refractivity contribution in [3.63, 3.8) is 0 Å². The van der Waals surface area contributed by atoms with Gasteiger partial charge in [-0.15, -0.1) is 0 Å². The second kappa shape index (κ2) is 6.22. The molecule has 0 saturated heterocycles. The van der Waals surface area contributed by atoms with Crippen LogP contribution in [0, 0.1) is 0 Å². The van der Waals surface area contributed by atoms with E-state index >= 15 is 0 Å². The fraction of sp³-hybridized carbons (Fsp3) is 0.571. The van der Waals surface area contributed by atoms with Crippen molar-refractivity contribution in [3.05, 3.63) is 29.8 Å². The van der Waals surface area contributed by atoms with E-state index in [1.165, 1.54) is 16.4 Å². The summed E-state index contributed by atoms with van der Waals surface area (Å²) in [7, 11) is -3.60. The molecule has 0 radical (unpaired) electrons. The quantitative estimate of drug-likeness (QED) is 0.795. The van der Waals surface area contributed by atoms with Crippen LogP contribution in [0.2, 0.25) is 0 Å². The molecule has 0 heterocycles. The van der Waals surface area contributed by atoms with Gasteiger partial charge in [0.1, 0.15) is 0 Å². The minimum absolute atomic E-state index is 0.00639. The molecular weight excluding hydrogens is 278 g/mol. The Morgan fingerprint density at radius 2 is 2.10 bits per heavy atom. The third-order valence-electron chi connectivity index (χ3n) is 3.51. The Labute approximate surface area is 119 Å². The van der Waals surface area contributed by atoms with Gasteiger partial charge in [0.05, 0.1) is 17.6 Å². The van der Waals surface area contributed by atoms with Gasteiger partial charge in [0.25, 0.3) is 0 Å². The lowest BCUT2D eigenvalue weighted by Gasteiger charge is -2.21. The molecule has 0 spiro atoms. The molecule has 1 aliphatic rings. The van der Waals surface area contributed by atoms with Gasteiger partial charge in [-0.25, -0.2) is 8.42 Å². The van der Waals surface area contributed by atoms with E-state index in [-0.39, 0.29) is 24.1 Å². The Balaban J connectivity index is 2.32. The van der Waals surface area contributed by atoms with Gasteiger partial charge >= 0.3 is 0 Å². The lowest BCUT2D eigenvalue weighted by atomic mass is 10.1. The number of sulfonamides is 1. The number of benzene rings is 1. The van der Waals surface area contributed by atoms with E-state index in [4.69, 9.17) is 5.11 Å². The smallest absolute Gasteiger partial charge is 0.243 e. The molecule has 1 unspecified atom stereocenters. The highest BCUT2D eigenvalue weighted by atomic mass is 32.2.